The van der Waals surface area contributed by atoms with Crippen LogP contribution < -0.4 is 5.73 Å². The molecule has 2 unspecified atom stereocenters. The van der Waals surface area contributed by atoms with E-state index in [1.807, 2.05) is 0 Å². The molecule has 10 heavy (non-hydrogen) atoms. The molecule has 0 radical (unpaired) electrons. The van der Waals surface area contributed by atoms with Crippen LogP contribution in [0.4, 0.5) is 0 Å². The lowest BCUT2D eigenvalue weighted by atomic mass is 9.85. The average molecular weight is 143 g/mol. The molecule has 0 aliphatic heterocycles. The summed E-state index contributed by atoms with van der Waals surface area (Å²) in [5, 5.41) is 9.27. The van der Waals surface area contributed by atoms with E-state index in [9.17, 15) is 5.11 Å². The van der Waals surface area contributed by atoms with Gasteiger partial charge in [0.05, 0.1) is 6.10 Å². The van der Waals surface area contributed by atoms with Gasteiger partial charge in [-0.05, 0) is 31.7 Å². The van der Waals surface area contributed by atoms with Crippen LogP contribution >= 0.6 is 0 Å². The first-order valence-electron chi connectivity index (χ1n) is 4.21. The van der Waals surface area contributed by atoms with Crippen molar-refractivity contribution in [3.8, 4) is 0 Å². The minimum absolute atomic E-state index is 0.0368. The Labute approximate surface area is 62.4 Å². The van der Waals surface area contributed by atoms with E-state index >= 15 is 0 Å². The van der Waals surface area contributed by atoms with Crippen LogP contribution in [0, 0.1) is 5.92 Å². The molecule has 1 rings (SSSR count). The van der Waals surface area contributed by atoms with Gasteiger partial charge in [0.15, 0.2) is 0 Å². The first kappa shape index (κ1) is 8.02. The lowest BCUT2D eigenvalue weighted by Crippen LogP contribution is -2.21. The summed E-state index contributed by atoms with van der Waals surface area (Å²) in [7, 11) is 0. The predicted molar refractivity (Wildman–Crippen MR) is 41.6 cm³/mol. The highest BCUT2D eigenvalue weighted by Crippen LogP contribution is 2.25. The van der Waals surface area contributed by atoms with Gasteiger partial charge in [-0.1, -0.05) is 12.8 Å². The summed E-state index contributed by atoms with van der Waals surface area (Å²) in [4.78, 5) is 0. The molecule has 2 nitrogen and oxygen atoms in total. The molecule has 0 heterocycles. The van der Waals surface area contributed by atoms with Crippen LogP contribution in [0.1, 0.15) is 32.1 Å². The maximum atomic E-state index is 9.27. The fourth-order valence-electron chi connectivity index (χ4n) is 1.76. The minimum atomic E-state index is -0.0368. The second-order valence-corrected chi connectivity index (χ2v) is 3.26. The van der Waals surface area contributed by atoms with Gasteiger partial charge in [0.1, 0.15) is 0 Å². The molecular weight excluding hydrogens is 126 g/mol. The van der Waals surface area contributed by atoms with E-state index in [2.05, 4.69) is 0 Å². The SMILES string of the molecule is NCCC1CCCC(O)C1. The summed E-state index contributed by atoms with van der Waals surface area (Å²) in [5.41, 5.74) is 5.42. The summed E-state index contributed by atoms with van der Waals surface area (Å²) in [5.74, 6) is 0.703. The molecule has 0 saturated heterocycles. The first-order chi connectivity index (χ1) is 4.83. The van der Waals surface area contributed by atoms with Crippen LogP contribution in [-0.4, -0.2) is 17.8 Å². The van der Waals surface area contributed by atoms with Gasteiger partial charge < -0.3 is 10.8 Å². The summed E-state index contributed by atoms with van der Waals surface area (Å²) in [6, 6.07) is 0. The first-order valence-corrected chi connectivity index (χ1v) is 4.21. The highest BCUT2D eigenvalue weighted by molar-refractivity contribution is 4.71. The molecule has 1 fully saturated rings. The number of hydrogen-bond donors (Lipinski definition) is 2. The van der Waals surface area contributed by atoms with Crippen molar-refractivity contribution in [1.82, 2.24) is 0 Å². The Morgan fingerprint density at radius 3 is 2.80 bits per heavy atom. The summed E-state index contributed by atoms with van der Waals surface area (Å²) in [6.07, 6.45) is 5.50. The van der Waals surface area contributed by atoms with Crippen molar-refractivity contribution in [1.29, 1.82) is 0 Å². The molecule has 3 N–H and O–H groups in total. The summed E-state index contributed by atoms with van der Waals surface area (Å²) < 4.78 is 0. The quantitative estimate of drug-likeness (QED) is 0.603. The van der Waals surface area contributed by atoms with Crippen molar-refractivity contribution in [2.45, 2.75) is 38.2 Å². The summed E-state index contributed by atoms with van der Waals surface area (Å²) >= 11 is 0. The van der Waals surface area contributed by atoms with Gasteiger partial charge >= 0.3 is 0 Å². The van der Waals surface area contributed by atoms with Crippen molar-refractivity contribution in [3.05, 3.63) is 0 Å². The topological polar surface area (TPSA) is 46.2 Å². The third-order valence-corrected chi connectivity index (χ3v) is 2.33. The van der Waals surface area contributed by atoms with E-state index in [-0.39, 0.29) is 6.10 Å². The Morgan fingerprint density at radius 2 is 2.20 bits per heavy atom. The fraction of sp³-hybridized carbons (Fsp3) is 1.00. The van der Waals surface area contributed by atoms with E-state index in [0.717, 1.165) is 25.8 Å². The van der Waals surface area contributed by atoms with E-state index in [1.165, 1.54) is 12.8 Å². The normalized spacial score (nSPS) is 34.2. The van der Waals surface area contributed by atoms with E-state index in [4.69, 9.17) is 5.73 Å². The Bertz CT molecular complexity index is 93.3. The molecule has 0 aromatic heterocycles. The molecule has 1 saturated carbocycles. The van der Waals surface area contributed by atoms with Gasteiger partial charge in [0.25, 0.3) is 0 Å². The molecule has 60 valence electrons. The van der Waals surface area contributed by atoms with Crippen LogP contribution in [0.5, 0.6) is 0 Å². The van der Waals surface area contributed by atoms with Gasteiger partial charge in [0, 0.05) is 0 Å². The van der Waals surface area contributed by atoms with Crippen LogP contribution in [0.15, 0.2) is 0 Å². The van der Waals surface area contributed by atoms with Crippen LogP contribution in [-0.2, 0) is 0 Å². The number of hydrogen-bond acceptors (Lipinski definition) is 2. The average Bonchev–Trinajstić information content (AvgIpc) is 1.88. The Morgan fingerprint density at radius 1 is 1.40 bits per heavy atom. The molecule has 0 aromatic carbocycles. The minimum Gasteiger partial charge on any atom is -0.393 e. The van der Waals surface area contributed by atoms with Crippen LogP contribution in [0.3, 0.4) is 0 Å². The lowest BCUT2D eigenvalue weighted by molar-refractivity contribution is 0.0991. The molecule has 1 aliphatic carbocycles. The Balaban J connectivity index is 2.18. The smallest absolute Gasteiger partial charge is 0.0542 e. The maximum Gasteiger partial charge on any atom is 0.0542 e. The summed E-state index contributed by atoms with van der Waals surface area (Å²) in [6.45, 7) is 0.775. The van der Waals surface area contributed by atoms with E-state index in [1.54, 1.807) is 0 Å². The van der Waals surface area contributed by atoms with Crippen molar-refractivity contribution in [2.75, 3.05) is 6.54 Å². The Hall–Kier alpha value is -0.0800. The molecule has 1 aliphatic rings. The molecule has 0 spiro atoms. The van der Waals surface area contributed by atoms with Gasteiger partial charge in [-0.2, -0.15) is 0 Å². The second-order valence-electron chi connectivity index (χ2n) is 3.26. The predicted octanol–water partition coefficient (Wildman–Crippen LogP) is 0.886. The standard InChI is InChI=1S/C8H17NO/c9-5-4-7-2-1-3-8(10)6-7/h7-8,10H,1-6,9H2. The van der Waals surface area contributed by atoms with E-state index in [0.29, 0.717) is 5.92 Å². The van der Waals surface area contributed by atoms with Crippen LogP contribution in [0.25, 0.3) is 0 Å². The van der Waals surface area contributed by atoms with Gasteiger partial charge in [-0.15, -0.1) is 0 Å². The largest absolute Gasteiger partial charge is 0.393 e. The maximum absolute atomic E-state index is 9.27. The monoisotopic (exact) mass is 143 g/mol. The van der Waals surface area contributed by atoms with Crippen molar-refractivity contribution < 1.29 is 5.11 Å². The molecule has 0 bridgehead atoms. The van der Waals surface area contributed by atoms with Crippen molar-refractivity contribution in [3.63, 3.8) is 0 Å². The zero-order chi connectivity index (χ0) is 7.40. The third kappa shape index (κ3) is 2.27. The Kier molecular flexibility index (Phi) is 3.16. The zero-order valence-corrected chi connectivity index (χ0v) is 6.42. The molecular formula is C8H17NO. The number of rotatable bonds is 2. The lowest BCUT2D eigenvalue weighted by Gasteiger charge is -2.25. The second kappa shape index (κ2) is 3.94. The van der Waals surface area contributed by atoms with Gasteiger partial charge in [-0.3, -0.25) is 0 Å². The van der Waals surface area contributed by atoms with Crippen LogP contribution in [0.2, 0.25) is 0 Å². The number of nitrogens with two attached hydrogens (primary N) is 1. The van der Waals surface area contributed by atoms with E-state index < -0.39 is 0 Å². The number of aliphatic hydroxyl groups excluding tert-OH is 1. The zero-order valence-electron chi connectivity index (χ0n) is 6.42. The fourth-order valence-corrected chi connectivity index (χ4v) is 1.76. The molecule has 0 amide bonds. The highest BCUT2D eigenvalue weighted by atomic mass is 16.3. The molecule has 0 aromatic rings. The van der Waals surface area contributed by atoms with Crippen molar-refractivity contribution in [2.24, 2.45) is 11.7 Å². The molecule has 2 heteroatoms. The third-order valence-electron chi connectivity index (χ3n) is 2.33. The van der Waals surface area contributed by atoms with Gasteiger partial charge in [-0.25, -0.2) is 0 Å². The molecule has 2 atom stereocenters. The van der Waals surface area contributed by atoms with Crippen molar-refractivity contribution >= 4 is 0 Å². The van der Waals surface area contributed by atoms with Gasteiger partial charge in [0.2, 0.25) is 0 Å². The number of aliphatic hydroxyl groups is 1. The highest BCUT2D eigenvalue weighted by Gasteiger charge is 2.18.